The van der Waals surface area contributed by atoms with Gasteiger partial charge in [-0.25, -0.2) is 0 Å². The Labute approximate surface area is 214 Å². The average Bonchev–Trinajstić information content (AvgIpc) is 3.44. The van der Waals surface area contributed by atoms with E-state index in [1.54, 1.807) is 0 Å². The summed E-state index contributed by atoms with van der Waals surface area (Å²) in [5, 5.41) is 10.6. The minimum Gasteiger partial charge on any atom is -0.354 e. The van der Waals surface area contributed by atoms with Gasteiger partial charge in [-0.2, -0.15) is 0 Å². The van der Waals surface area contributed by atoms with Gasteiger partial charge in [0.1, 0.15) is 0 Å². The van der Waals surface area contributed by atoms with Gasteiger partial charge < -0.3 is 9.55 Å². The van der Waals surface area contributed by atoms with E-state index in [0.29, 0.717) is 0 Å². The molecular formula is C35H26N2. The van der Waals surface area contributed by atoms with Crippen LogP contribution in [0.25, 0.3) is 65.2 Å². The first kappa shape index (κ1) is 20.6. The van der Waals surface area contributed by atoms with Gasteiger partial charge in [-0.05, 0) is 82.4 Å². The Hall–Kier alpha value is -4.56. The van der Waals surface area contributed by atoms with E-state index in [-0.39, 0.29) is 0 Å². The van der Waals surface area contributed by atoms with Crippen molar-refractivity contribution in [3.8, 4) is 0 Å². The standard InChI is InChI=1S/C35H26N2/c1-21-10-16-32-29(18-21)35-27-9-5-7-24(25(27)13-17-33(35)37(32)2)19-22-11-14-30-28(20-22)34-26-8-4-3-6-23(26)12-15-31(34)36-30/h3-18,20,36H,19H2,1-2H3. The van der Waals surface area contributed by atoms with Crippen LogP contribution in [-0.4, -0.2) is 9.55 Å². The van der Waals surface area contributed by atoms with Crippen LogP contribution in [0.1, 0.15) is 16.7 Å². The summed E-state index contributed by atoms with van der Waals surface area (Å²) in [6.45, 7) is 2.18. The molecule has 2 nitrogen and oxygen atoms in total. The minimum absolute atomic E-state index is 0.903. The van der Waals surface area contributed by atoms with Gasteiger partial charge >= 0.3 is 0 Å². The van der Waals surface area contributed by atoms with Crippen LogP contribution in [0.2, 0.25) is 0 Å². The second kappa shape index (κ2) is 7.47. The Bertz CT molecular complexity index is 2190. The van der Waals surface area contributed by atoms with Gasteiger partial charge in [-0.1, -0.05) is 72.3 Å². The fourth-order valence-corrected chi connectivity index (χ4v) is 6.45. The van der Waals surface area contributed by atoms with E-state index in [1.165, 1.54) is 81.8 Å². The lowest BCUT2D eigenvalue weighted by Crippen LogP contribution is -1.91. The van der Waals surface area contributed by atoms with Crippen molar-refractivity contribution in [2.75, 3.05) is 0 Å². The summed E-state index contributed by atoms with van der Waals surface area (Å²) in [5.74, 6) is 0. The van der Waals surface area contributed by atoms with Gasteiger partial charge in [-0.3, -0.25) is 0 Å². The maximum Gasteiger partial charge on any atom is 0.0495 e. The molecule has 0 radical (unpaired) electrons. The first-order chi connectivity index (χ1) is 18.2. The molecule has 0 fully saturated rings. The normalized spacial score (nSPS) is 12.2. The lowest BCUT2D eigenvalue weighted by atomic mass is 9.95. The predicted octanol–water partition coefficient (Wildman–Crippen LogP) is 9.17. The summed E-state index contributed by atoms with van der Waals surface area (Å²) in [6, 6.07) is 38.2. The van der Waals surface area contributed by atoms with Gasteiger partial charge in [0.2, 0.25) is 0 Å². The molecule has 2 aromatic heterocycles. The Morgan fingerprint density at radius 3 is 2.38 bits per heavy atom. The number of aryl methyl sites for hydroxylation is 2. The van der Waals surface area contributed by atoms with E-state index in [2.05, 4.69) is 127 Å². The van der Waals surface area contributed by atoms with Crippen molar-refractivity contribution >= 4 is 65.2 Å². The van der Waals surface area contributed by atoms with Gasteiger partial charge in [0.05, 0.1) is 0 Å². The number of hydrogen-bond acceptors (Lipinski definition) is 0. The number of fused-ring (bicyclic) bond motifs is 10. The number of nitrogens with zero attached hydrogens (tertiary/aromatic N) is 1. The van der Waals surface area contributed by atoms with Crippen molar-refractivity contribution in [2.24, 2.45) is 7.05 Å². The summed E-state index contributed by atoms with van der Waals surface area (Å²) in [7, 11) is 2.18. The van der Waals surface area contributed by atoms with Crippen LogP contribution < -0.4 is 0 Å². The lowest BCUT2D eigenvalue weighted by Gasteiger charge is -2.09. The molecule has 0 aliphatic carbocycles. The molecule has 2 heterocycles. The fourth-order valence-electron chi connectivity index (χ4n) is 6.45. The van der Waals surface area contributed by atoms with Gasteiger partial charge in [0, 0.05) is 50.7 Å². The molecule has 0 amide bonds. The van der Waals surface area contributed by atoms with Crippen LogP contribution in [0.4, 0.5) is 0 Å². The third kappa shape index (κ3) is 2.93. The SMILES string of the molecule is Cc1ccc2c(c1)c1c3cccc(Cc4ccc5[nH]c6ccc7ccccc7c6c5c4)c3ccc1n2C. The van der Waals surface area contributed by atoms with Crippen molar-refractivity contribution < 1.29 is 0 Å². The summed E-state index contributed by atoms with van der Waals surface area (Å²) >= 11 is 0. The molecule has 6 aromatic carbocycles. The van der Waals surface area contributed by atoms with E-state index in [1.807, 2.05) is 0 Å². The monoisotopic (exact) mass is 474 g/mol. The molecule has 0 saturated heterocycles. The van der Waals surface area contributed by atoms with Crippen LogP contribution in [0.3, 0.4) is 0 Å². The summed E-state index contributed by atoms with van der Waals surface area (Å²) < 4.78 is 2.32. The number of nitrogens with one attached hydrogen (secondary N) is 1. The molecule has 0 unspecified atom stereocenters. The first-order valence-corrected chi connectivity index (χ1v) is 13.0. The maximum atomic E-state index is 3.63. The predicted molar refractivity (Wildman–Crippen MR) is 159 cm³/mol. The van der Waals surface area contributed by atoms with Crippen molar-refractivity contribution in [1.82, 2.24) is 9.55 Å². The summed E-state index contributed by atoms with van der Waals surface area (Å²) in [4.78, 5) is 3.63. The Morgan fingerprint density at radius 1 is 0.595 bits per heavy atom. The zero-order chi connectivity index (χ0) is 24.7. The molecule has 0 saturated carbocycles. The Morgan fingerprint density at radius 2 is 1.43 bits per heavy atom. The van der Waals surface area contributed by atoms with E-state index >= 15 is 0 Å². The number of aromatic amines is 1. The van der Waals surface area contributed by atoms with Crippen LogP contribution >= 0.6 is 0 Å². The zero-order valence-electron chi connectivity index (χ0n) is 21.0. The van der Waals surface area contributed by atoms with E-state index < -0.39 is 0 Å². The fraction of sp³-hybridized carbons (Fsp3) is 0.0857. The molecule has 8 rings (SSSR count). The number of hydrogen-bond donors (Lipinski definition) is 1. The Balaban J connectivity index is 1.33. The van der Waals surface area contributed by atoms with Crippen LogP contribution in [0.15, 0.2) is 103 Å². The Kier molecular flexibility index (Phi) is 4.16. The molecule has 0 bridgehead atoms. The molecule has 1 N–H and O–H groups in total. The highest BCUT2D eigenvalue weighted by Gasteiger charge is 2.14. The second-order valence-corrected chi connectivity index (χ2v) is 10.4. The topological polar surface area (TPSA) is 20.7 Å². The number of aromatic nitrogens is 2. The molecule has 8 aromatic rings. The van der Waals surface area contributed by atoms with E-state index in [0.717, 1.165) is 6.42 Å². The second-order valence-electron chi connectivity index (χ2n) is 10.4. The summed E-state index contributed by atoms with van der Waals surface area (Å²) in [6.07, 6.45) is 0.903. The van der Waals surface area contributed by atoms with Crippen molar-refractivity contribution in [1.29, 1.82) is 0 Å². The van der Waals surface area contributed by atoms with Gasteiger partial charge in [0.25, 0.3) is 0 Å². The third-order valence-corrected chi connectivity index (χ3v) is 8.22. The zero-order valence-corrected chi connectivity index (χ0v) is 21.0. The molecule has 2 heteroatoms. The highest BCUT2D eigenvalue weighted by atomic mass is 14.9. The van der Waals surface area contributed by atoms with Gasteiger partial charge in [-0.15, -0.1) is 0 Å². The number of rotatable bonds is 2. The molecule has 0 aliphatic rings. The number of H-pyrrole nitrogens is 1. The molecule has 176 valence electrons. The van der Waals surface area contributed by atoms with Crippen molar-refractivity contribution in [3.63, 3.8) is 0 Å². The van der Waals surface area contributed by atoms with E-state index in [9.17, 15) is 0 Å². The maximum absolute atomic E-state index is 3.63. The average molecular weight is 475 g/mol. The molecular weight excluding hydrogens is 448 g/mol. The lowest BCUT2D eigenvalue weighted by molar-refractivity contribution is 1.01. The van der Waals surface area contributed by atoms with Crippen molar-refractivity contribution in [3.05, 3.63) is 120 Å². The highest BCUT2D eigenvalue weighted by molar-refractivity contribution is 6.22. The van der Waals surface area contributed by atoms with Crippen LogP contribution in [0.5, 0.6) is 0 Å². The van der Waals surface area contributed by atoms with Gasteiger partial charge in [0.15, 0.2) is 0 Å². The highest BCUT2D eigenvalue weighted by Crippen LogP contribution is 2.37. The van der Waals surface area contributed by atoms with Crippen LogP contribution in [0, 0.1) is 6.92 Å². The minimum atomic E-state index is 0.903. The smallest absolute Gasteiger partial charge is 0.0495 e. The summed E-state index contributed by atoms with van der Waals surface area (Å²) in [5.41, 5.74) is 8.97. The molecule has 0 spiro atoms. The third-order valence-electron chi connectivity index (χ3n) is 8.22. The first-order valence-electron chi connectivity index (χ1n) is 13.0. The van der Waals surface area contributed by atoms with Crippen molar-refractivity contribution in [2.45, 2.75) is 13.3 Å². The largest absolute Gasteiger partial charge is 0.354 e. The molecule has 0 atom stereocenters. The van der Waals surface area contributed by atoms with E-state index in [4.69, 9.17) is 0 Å². The quantitative estimate of drug-likeness (QED) is 0.258. The van der Waals surface area contributed by atoms with Crippen LogP contribution in [-0.2, 0) is 13.5 Å². The molecule has 37 heavy (non-hydrogen) atoms. The molecule has 0 aliphatic heterocycles. The number of benzene rings is 6.